The molecule has 0 aliphatic rings. The molecular weight excluding hydrogens is 280 g/mol. The summed E-state index contributed by atoms with van der Waals surface area (Å²) in [5, 5.41) is 6.23. The lowest BCUT2D eigenvalue weighted by Crippen LogP contribution is -2.28. The van der Waals surface area contributed by atoms with Crippen molar-refractivity contribution in [3.8, 4) is 5.75 Å². The molecular formula is C16H16N4O2. The van der Waals surface area contributed by atoms with E-state index >= 15 is 0 Å². The van der Waals surface area contributed by atoms with E-state index in [0.717, 1.165) is 11.3 Å². The molecule has 0 spiro atoms. The SMILES string of the molecule is Cc1ccc(OCCNC(=O)c2ccccc2N=[N+]=[N-])cc1. The summed E-state index contributed by atoms with van der Waals surface area (Å²) < 4.78 is 5.53. The van der Waals surface area contributed by atoms with Crippen LogP contribution in [0.1, 0.15) is 15.9 Å². The van der Waals surface area contributed by atoms with Crippen LogP contribution in [0.15, 0.2) is 53.6 Å². The molecule has 0 radical (unpaired) electrons. The van der Waals surface area contributed by atoms with Gasteiger partial charge in [-0.1, -0.05) is 41.0 Å². The highest BCUT2D eigenvalue weighted by atomic mass is 16.5. The highest BCUT2D eigenvalue weighted by Crippen LogP contribution is 2.18. The van der Waals surface area contributed by atoms with E-state index in [-0.39, 0.29) is 5.91 Å². The van der Waals surface area contributed by atoms with E-state index in [4.69, 9.17) is 10.3 Å². The lowest BCUT2D eigenvalue weighted by molar-refractivity contribution is 0.0947. The van der Waals surface area contributed by atoms with Gasteiger partial charge in [0, 0.05) is 10.5 Å². The second-order valence-electron chi connectivity index (χ2n) is 4.62. The zero-order valence-corrected chi connectivity index (χ0v) is 12.2. The fraction of sp³-hybridized carbons (Fsp3) is 0.188. The van der Waals surface area contributed by atoms with E-state index in [0.29, 0.717) is 24.4 Å². The Morgan fingerprint density at radius 1 is 1.23 bits per heavy atom. The van der Waals surface area contributed by atoms with Crippen LogP contribution in [0.4, 0.5) is 5.69 Å². The fourth-order valence-corrected chi connectivity index (χ4v) is 1.86. The van der Waals surface area contributed by atoms with Gasteiger partial charge in [0.2, 0.25) is 0 Å². The minimum atomic E-state index is -0.296. The zero-order chi connectivity index (χ0) is 15.8. The minimum absolute atomic E-state index is 0.296. The molecule has 0 fully saturated rings. The van der Waals surface area contributed by atoms with Crippen LogP contribution in [-0.4, -0.2) is 19.1 Å². The van der Waals surface area contributed by atoms with E-state index < -0.39 is 0 Å². The number of carbonyl (C=O) groups excluding carboxylic acids is 1. The third kappa shape index (κ3) is 4.26. The van der Waals surface area contributed by atoms with Crippen molar-refractivity contribution >= 4 is 11.6 Å². The van der Waals surface area contributed by atoms with Crippen molar-refractivity contribution in [1.82, 2.24) is 5.32 Å². The number of nitrogens with zero attached hydrogens (tertiary/aromatic N) is 3. The standard InChI is InChI=1S/C16H16N4O2/c1-12-6-8-13(9-7-12)22-11-10-18-16(21)14-4-2-3-5-15(14)19-20-17/h2-9H,10-11H2,1H3,(H,18,21). The Hall–Kier alpha value is -2.98. The predicted molar refractivity (Wildman–Crippen MR) is 84.3 cm³/mol. The first kappa shape index (κ1) is 15.4. The monoisotopic (exact) mass is 296 g/mol. The maximum absolute atomic E-state index is 12.0. The second-order valence-corrected chi connectivity index (χ2v) is 4.62. The van der Waals surface area contributed by atoms with Crippen molar-refractivity contribution in [1.29, 1.82) is 0 Å². The van der Waals surface area contributed by atoms with Crippen LogP contribution in [0, 0.1) is 6.92 Å². The van der Waals surface area contributed by atoms with Crippen molar-refractivity contribution in [2.24, 2.45) is 5.11 Å². The fourth-order valence-electron chi connectivity index (χ4n) is 1.86. The molecule has 2 rings (SSSR count). The van der Waals surface area contributed by atoms with E-state index in [1.54, 1.807) is 24.3 Å². The molecule has 0 aliphatic carbocycles. The molecule has 6 nitrogen and oxygen atoms in total. The summed E-state index contributed by atoms with van der Waals surface area (Å²) in [6, 6.07) is 14.3. The largest absolute Gasteiger partial charge is 0.492 e. The number of carbonyl (C=O) groups is 1. The summed E-state index contributed by atoms with van der Waals surface area (Å²) in [7, 11) is 0. The topological polar surface area (TPSA) is 87.1 Å². The van der Waals surface area contributed by atoms with E-state index in [1.807, 2.05) is 31.2 Å². The van der Waals surface area contributed by atoms with Crippen LogP contribution < -0.4 is 10.1 Å². The van der Waals surface area contributed by atoms with E-state index in [9.17, 15) is 4.79 Å². The number of benzene rings is 2. The van der Waals surface area contributed by atoms with Gasteiger partial charge in [-0.3, -0.25) is 4.79 Å². The molecule has 0 heterocycles. The average molecular weight is 296 g/mol. The second kappa shape index (κ2) is 7.71. The van der Waals surface area contributed by atoms with Gasteiger partial charge in [-0.05, 0) is 30.7 Å². The van der Waals surface area contributed by atoms with Gasteiger partial charge < -0.3 is 10.1 Å². The molecule has 22 heavy (non-hydrogen) atoms. The van der Waals surface area contributed by atoms with Gasteiger partial charge in [0.25, 0.3) is 5.91 Å². The Morgan fingerprint density at radius 2 is 1.95 bits per heavy atom. The molecule has 2 aromatic rings. The molecule has 0 atom stereocenters. The van der Waals surface area contributed by atoms with Crippen LogP contribution in [-0.2, 0) is 0 Å². The van der Waals surface area contributed by atoms with Gasteiger partial charge in [-0.25, -0.2) is 0 Å². The molecule has 112 valence electrons. The van der Waals surface area contributed by atoms with Gasteiger partial charge in [-0.15, -0.1) is 0 Å². The normalized spacial score (nSPS) is 9.68. The summed E-state index contributed by atoms with van der Waals surface area (Å²) in [6.07, 6.45) is 0. The van der Waals surface area contributed by atoms with Crippen LogP contribution in [0.2, 0.25) is 0 Å². The number of rotatable bonds is 6. The Balaban J connectivity index is 1.85. The maximum atomic E-state index is 12.0. The molecule has 0 aromatic heterocycles. The molecule has 2 aromatic carbocycles. The van der Waals surface area contributed by atoms with Crippen molar-refractivity contribution in [2.45, 2.75) is 6.92 Å². The highest BCUT2D eigenvalue weighted by Gasteiger charge is 2.08. The first-order valence-electron chi connectivity index (χ1n) is 6.82. The highest BCUT2D eigenvalue weighted by molar-refractivity contribution is 5.98. The summed E-state index contributed by atoms with van der Waals surface area (Å²) in [5.41, 5.74) is 10.3. The van der Waals surface area contributed by atoms with E-state index in [1.165, 1.54) is 0 Å². The lowest BCUT2D eigenvalue weighted by Gasteiger charge is -2.09. The summed E-state index contributed by atoms with van der Waals surface area (Å²) in [6.45, 7) is 2.72. The van der Waals surface area contributed by atoms with Crippen LogP contribution in [0.25, 0.3) is 10.4 Å². The van der Waals surface area contributed by atoms with Gasteiger partial charge in [-0.2, -0.15) is 0 Å². The van der Waals surface area contributed by atoms with Crippen LogP contribution in [0.5, 0.6) is 5.75 Å². The van der Waals surface area contributed by atoms with Crippen molar-refractivity contribution in [3.63, 3.8) is 0 Å². The molecule has 0 unspecified atom stereocenters. The quantitative estimate of drug-likeness (QED) is 0.381. The van der Waals surface area contributed by atoms with E-state index in [2.05, 4.69) is 15.3 Å². The number of aryl methyl sites for hydroxylation is 1. The molecule has 0 bridgehead atoms. The van der Waals surface area contributed by atoms with Crippen molar-refractivity contribution < 1.29 is 9.53 Å². The summed E-state index contributed by atoms with van der Waals surface area (Å²) in [4.78, 5) is 14.8. The molecule has 0 aliphatic heterocycles. The first-order valence-corrected chi connectivity index (χ1v) is 6.82. The predicted octanol–water partition coefficient (Wildman–Crippen LogP) is 3.75. The van der Waals surface area contributed by atoms with Crippen molar-refractivity contribution in [2.75, 3.05) is 13.2 Å². The number of hydrogen-bond donors (Lipinski definition) is 1. The molecule has 0 saturated heterocycles. The van der Waals surface area contributed by atoms with Crippen molar-refractivity contribution in [3.05, 3.63) is 70.1 Å². The van der Waals surface area contributed by atoms with Gasteiger partial charge in [0.15, 0.2) is 0 Å². The zero-order valence-electron chi connectivity index (χ0n) is 12.2. The first-order chi connectivity index (χ1) is 10.7. The minimum Gasteiger partial charge on any atom is -0.492 e. The summed E-state index contributed by atoms with van der Waals surface area (Å²) >= 11 is 0. The Kier molecular flexibility index (Phi) is 5.40. The Bertz CT molecular complexity index is 692. The molecule has 1 amide bonds. The smallest absolute Gasteiger partial charge is 0.251 e. The number of hydrogen-bond acceptors (Lipinski definition) is 3. The van der Waals surface area contributed by atoms with Gasteiger partial charge >= 0.3 is 0 Å². The Morgan fingerprint density at radius 3 is 2.68 bits per heavy atom. The average Bonchev–Trinajstić information content (AvgIpc) is 2.54. The van der Waals surface area contributed by atoms with Gasteiger partial charge in [0.1, 0.15) is 12.4 Å². The third-order valence-corrected chi connectivity index (χ3v) is 2.98. The molecule has 0 saturated carbocycles. The molecule has 1 N–H and O–H groups in total. The lowest BCUT2D eigenvalue weighted by atomic mass is 10.1. The van der Waals surface area contributed by atoms with Gasteiger partial charge in [0.05, 0.1) is 12.2 Å². The molecule has 6 heteroatoms. The third-order valence-electron chi connectivity index (χ3n) is 2.98. The maximum Gasteiger partial charge on any atom is 0.251 e. The summed E-state index contributed by atoms with van der Waals surface area (Å²) in [5.74, 6) is 0.463. The van der Waals surface area contributed by atoms with Crippen LogP contribution >= 0.6 is 0 Å². The number of nitrogens with one attached hydrogen (secondary N) is 1. The van der Waals surface area contributed by atoms with Crippen LogP contribution in [0.3, 0.4) is 0 Å². The number of azide groups is 1. The number of ether oxygens (including phenoxy) is 1. The number of amides is 1. The Labute approximate surface area is 128 Å².